The summed E-state index contributed by atoms with van der Waals surface area (Å²) in [7, 11) is 1.91. The molecule has 0 aliphatic heterocycles. The number of halogens is 1. The van der Waals surface area contributed by atoms with Crippen LogP contribution >= 0.6 is 11.6 Å². The van der Waals surface area contributed by atoms with E-state index in [1.807, 2.05) is 71.5 Å². The first-order valence-electron chi connectivity index (χ1n) is 6.75. The Balaban J connectivity index is 1.98. The molecule has 0 fully saturated rings. The minimum atomic E-state index is -0.527. The number of aliphatic hydroxyl groups is 1. The number of aromatic nitrogens is 1. The molecule has 0 aliphatic carbocycles. The van der Waals surface area contributed by atoms with Gasteiger partial charge in [0.25, 0.3) is 0 Å². The summed E-state index contributed by atoms with van der Waals surface area (Å²) in [6.45, 7) is 0.491. The number of hydrogen-bond acceptors (Lipinski definition) is 3. The van der Waals surface area contributed by atoms with Crippen molar-refractivity contribution in [1.29, 1.82) is 0 Å². The summed E-state index contributed by atoms with van der Waals surface area (Å²) in [6.07, 6.45) is 5.08. The van der Waals surface area contributed by atoms with Gasteiger partial charge in [-0.2, -0.15) is 5.10 Å². The van der Waals surface area contributed by atoms with Crippen LogP contribution in [0, 0.1) is 0 Å². The Kier molecular flexibility index (Phi) is 5.72. The first-order chi connectivity index (χ1) is 10.2. The summed E-state index contributed by atoms with van der Waals surface area (Å²) in [4.78, 5) is 0. The van der Waals surface area contributed by atoms with Crippen molar-refractivity contribution in [2.75, 3.05) is 17.9 Å². The molecule has 2 rings (SSSR count). The van der Waals surface area contributed by atoms with Crippen LogP contribution < -0.4 is 9.58 Å². The van der Waals surface area contributed by atoms with Gasteiger partial charge in [-0.15, -0.1) is 11.6 Å². The van der Waals surface area contributed by atoms with E-state index < -0.39 is 6.10 Å². The Morgan fingerprint density at radius 1 is 1.24 bits per heavy atom. The Morgan fingerprint density at radius 3 is 2.52 bits per heavy atom. The highest BCUT2D eigenvalue weighted by Gasteiger charge is 2.08. The van der Waals surface area contributed by atoms with Crippen molar-refractivity contribution < 1.29 is 9.67 Å². The molecule has 110 valence electrons. The summed E-state index contributed by atoms with van der Waals surface area (Å²) in [6, 6.07) is 13.8. The molecular formula is C16H19ClN3O+. The maximum atomic E-state index is 9.50. The molecule has 0 aliphatic rings. The second-order valence-corrected chi connectivity index (χ2v) is 5.05. The van der Waals surface area contributed by atoms with Gasteiger partial charge in [-0.25, -0.2) is 4.57 Å². The number of pyridine rings is 1. The first kappa shape index (κ1) is 15.5. The third-order valence-electron chi connectivity index (χ3n) is 3.03. The minimum absolute atomic E-state index is 0.234. The van der Waals surface area contributed by atoms with E-state index in [1.165, 1.54) is 0 Å². The Hall–Kier alpha value is -1.91. The molecule has 5 heteroatoms. The van der Waals surface area contributed by atoms with Gasteiger partial charge in [0, 0.05) is 24.7 Å². The summed E-state index contributed by atoms with van der Waals surface area (Å²) in [5, 5.41) is 15.7. The third-order valence-corrected chi connectivity index (χ3v) is 3.38. The van der Waals surface area contributed by atoms with E-state index >= 15 is 0 Å². The molecule has 0 amide bonds. The van der Waals surface area contributed by atoms with Crippen LogP contribution in [-0.2, 0) is 6.54 Å². The molecular weight excluding hydrogens is 286 g/mol. The molecule has 0 radical (unpaired) electrons. The van der Waals surface area contributed by atoms with E-state index in [0.29, 0.717) is 6.54 Å². The standard InChI is InChI=1S/C16H19ClN3O/c1-19(15-5-3-2-4-6-15)18-12-14-7-9-20(10-8-14)13-16(21)11-17/h2-10,12,16,21H,11,13H2,1H3/q+1. The van der Waals surface area contributed by atoms with Crippen LogP contribution in [-0.4, -0.2) is 30.4 Å². The number of para-hydroxylation sites is 1. The summed E-state index contributed by atoms with van der Waals surface area (Å²) < 4.78 is 1.89. The lowest BCUT2D eigenvalue weighted by atomic mass is 10.3. The van der Waals surface area contributed by atoms with Crippen LogP contribution in [0.2, 0.25) is 0 Å². The molecule has 0 spiro atoms. The number of alkyl halides is 1. The highest BCUT2D eigenvalue weighted by atomic mass is 35.5. The van der Waals surface area contributed by atoms with Gasteiger partial charge in [-0.1, -0.05) is 18.2 Å². The molecule has 1 heterocycles. The molecule has 1 unspecified atom stereocenters. The van der Waals surface area contributed by atoms with E-state index in [-0.39, 0.29) is 5.88 Å². The lowest BCUT2D eigenvalue weighted by molar-refractivity contribution is -0.703. The molecule has 4 nitrogen and oxygen atoms in total. The van der Waals surface area contributed by atoms with Crippen LogP contribution in [0.3, 0.4) is 0 Å². The SMILES string of the molecule is CN(N=Cc1cc[n+](CC(O)CCl)cc1)c1ccccc1. The van der Waals surface area contributed by atoms with E-state index in [4.69, 9.17) is 11.6 Å². The van der Waals surface area contributed by atoms with Gasteiger partial charge in [0.05, 0.1) is 17.8 Å². The lowest BCUT2D eigenvalue weighted by Crippen LogP contribution is -2.39. The van der Waals surface area contributed by atoms with E-state index in [2.05, 4.69) is 5.10 Å². The predicted molar refractivity (Wildman–Crippen MR) is 85.8 cm³/mol. The predicted octanol–water partition coefficient (Wildman–Crippen LogP) is 2.04. The fraction of sp³-hybridized carbons (Fsp3) is 0.250. The van der Waals surface area contributed by atoms with Crippen molar-refractivity contribution in [3.63, 3.8) is 0 Å². The number of hydrogen-bond donors (Lipinski definition) is 1. The van der Waals surface area contributed by atoms with Gasteiger partial charge in [-0.05, 0) is 12.1 Å². The number of rotatable bonds is 6. The van der Waals surface area contributed by atoms with Crippen molar-refractivity contribution in [3.05, 3.63) is 60.4 Å². The molecule has 2 aromatic rings. The van der Waals surface area contributed by atoms with Crippen molar-refractivity contribution in [3.8, 4) is 0 Å². The van der Waals surface area contributed by atoms with Crippen LogP contribution in [0.4, 0.5) is 5.69 Å². The molecule has 0 saturated carbocycles. The lowest BCUT2D eigenvalue weighted by Gasteiger charge is -2.11. The molecule has 1 atom stereocenters. The average molecular weight is 305 g/mol. The van der Waals surface area contributed by atoms with E-state index in [0.717, 1.165) is 11.3 Å². The highest BCUT2D eigenvalue weighted by molar-refractivity contribution is 6.18. The van der Waals surface area contributed by atoms with Gasteiger partial charge in [0.1, 0.15) is 6.10 Å². The van der Waals surface area contributed by atoms with Gasteiger partial charge in [0.15, 0.2) is 18.9 Å². The minimum Gasteiger partial charge on any atom is -0.385 e. The smallest absolute Gasteiger partial charge is 0.175 e. The first-order valence-corrected chi connectivity index (χ1v) is 7.28. The molecule has 1 aromatic carbocycles. The van der Waals surface area contributed by atoms with Crippen molar-refractivity contribution in [2.45, 2.75) is 12.6 Å². The van der Waals surface area contributed by atoms with Crippen molar-refractivity contribution in [1.82, 2.24) is 0 Å². The van der Waals surface area contributed by atoms with E-state index in [9.17, 15) is 5.11 Å². The fourth-order valence-electron chi connectivity index (χ4n) is 1.83. The summed E-state index contributed by atoms with van der Waals surface area (Å²) in [5.74, 6) is 0.234. The second-order valence-electron chi connectivity index (χ2n) is 4.74. The van der Waals surface area contributed by atoms with Crippen LogP contribution in [0.1, 0.15) is 5.56 Å². The van der Waals surface area contributed by atoms with Gasteiger partial charge in [-0.3, -0.25) is 5.01 Å². The van der Waals surface area contributed by atoms with Crippen LogP contribution in [0.15, 0.2) is 60.0 Å². The van der Waals surface area contributed by atoms with Gasteiger partial charge in [0.2, 0.25) is 0 Å². The monoisotopic (exact) mass is 304 g/mol. The number of nitrogens with zero attached hydrogens (tertiary/aromatic N) is 3. The quantitative estimate of drug-likeness (QED) is 0.384. The number of hydrazone groups is 1. The third kappa shape index (κ3) is 4.85. The topological polar surface area (TPSA) is 39.7 Å². The fourth-order valence-corrected chi connectivity index (χ4v) is 1.93. The molecule has 1 aromatic heterocycles. The average Bonchev–Trinajstić information content (AvgIpc) is 2.54. The highest BCUT2D eigenvalue weighted by Crippen LogP contribution is 2.10. The normalized spacial score (nSPS) is 12.5. The zero-order valence-corrected chi connectivity index (χ0v) is 12.7. The molecule has 0 saturated heterocycles. The van der Waals surface area contributed by atoms with Gasteiger partial charge >= 0.3 is 0 Å². The molecule has 0 bridgehead atoms. The van der Waals surface area contributed by atoms with Crippen molar-refractivity contribution >= 4 is 23.5 Å². The number of anilines is 1. The largest absolute Gasteiger partial charge is 0.385 e. The van der Waals surface area contributed by atoms with E-state index in [1.54, 1.807) is 6.21 Å². The number of aliphatic hydroxyl groups excluding tert-OH is 1. The van der Waals surface area contributed by atoms with Crippen LogP contribution in [0.5, 0.6) is 0 Å². The Labute approximate surface area is 129 Å². The van der Waals surface area contributed by atoms with Crippen LogP contribution in [0.25, 0.3) is 0 Å². The Bertz CT molecular complexity index is 572. The maximum Gasteiger partial charge on any atom is 0.175 e. The molecule has 1 N–H and O–H groups in total. The summed E-state index contributed by atoms with van der Waals surface area (Å²) in [5.41, 5.74) is 2.03. The summed E-state index contributed by atoms with van der Waals surface area (Å²) >= 11 is 5.59. The Morgan fingerprint density at radius 2 is 1.90 bits per heavy atom. The van der Waals surface area contributed by atoms with Crippen molar-refractivity contribution in [2.24, 2.45) is 5.10 Å². The molecule has 21 heavy (non-hydrogen) atoms. The number of benzene rings is 1. The van der Waals surface area contributed by atoms with Gasteiger partial charge < -0.3 is 5.11 Å². The zero-order chi connectivity index (χ0) is 15.1. The zero-order valence-electron chi connectivity index (χ0n) is 11.9. The second kappa shape index (κ2) is 7.76. The maximum absolute atomic E-state index is 9.50.